The molecule has 8 aromatic heterocycles. The number of Topliss-reactive ketones (excluding diaryl/α,β-unsaturated/α-hetero) is 2. The van der Waals surface area contributed by atoms with Gasteiger partial charge < -0.3 is 92.9 Å². The lowest BCUT2D eigenvalue weighted by Crippen LogP contribution is -2.33. The van der Waals surface area contributed by atoms with Crippen LogP contribution in [-0.2, 0) is 73.2 Å². The second-order valence-corrected chi connectivity index (χ2v) is 37.0. The molecule has 7 N–H and O–H groups in total. The molecule has 12 aromatic rings. The molecule has 38 heteroatoms. The Morgan fingerprint density at radius 3 is 1.20 bits per heavy atom. The van der Waals surface area contributed by atoms with Crippen molar-refractivity contribution in [2.75, 3.05) is 124 Å². The number of carboxylic acid groups (broad SMARTS) is 1. The largest absolute Gasteiger partial charge is 0.493 e. The molecular formula is C104H113Cl4F2N11O20S. The van der Waals surface area contributed by atoms with Crippen LogP contribution in [0.25, 0.3) is 78.3 Å². The van der Waals surface area contributed by atoms with Gasteiger partial charge in [-0.05, 0) is 215 Å². The molecular weight excluding hydrogens is 1940 g/mol. The Morgan fingerprint density at radius 2 is 0.845 bits per heavy atom. The number of aromatic carboxylic acids is 1. The fourth-order valence-corrected chi connectivity index (χ4v) is 16.1. The molecule has 5 aliphatic rings. The number of rotatable bonds is 26. The predicted octanol–water partition coefficient (Wildman–Crippen LogP) is 17.3. The normalized spacial score (nSPS) is 15.4. The lowest BCUT2D eigenvalue weighted by Gasteiger charge is -2.23. The van der Waals surface area contributed by atoms with Crippen molar-refractivity contribution < 1.29 is 90.8 Å². The standard InChI is InChI=1S/C42H43FN4O7.C23H24FN3O4.C18H19ClN2O3.C18H20N2O4.C3H6O.Cl2OS.ClH/c1-26-3-7-37(45-19-26)34-22-47(21-27-9-11-51-12-10-27)23-35(41(34)49)38(48)16-28-4-6-32(36(43)15-28)33-17-30(20-46-42(33)44)29-5-8-39(40(18-29)50-2)54-25-31-24-52-13-14-53-31;1-28-22-9-14(2-5-21(22)31-13-17-12-29-6-7-30-17)15-8-19(23(26)27-11-15)18-4-3-16(25)10-20(18)24;1-12-2-3-16(20-8-12)14-10-21(9-13-4-6-24-7-5-13)11-15(17(14)22)18(19)23;1-12-2-3-16(19-8-12)14-10-20(9-13-4-6-24-7-5-13)11-15(17(14)21)18(22)23;1-3(2)4;1-4(2)3;/h3-8,15,17-20,22-23,27,31H,9-14,16,21,24-25H2,1-2H3,(H2,44,46);2-5,8-11,17H,6-7,12-13,25H2,1H3,(H2,26,27);2-3,8,10-11,13H,4-7,9H2,1H3;2-3,8,10-11,13H,4-7,9H2,1H3,(H,22,23);1-2H3;;1H/t31-;17-;;;;;/m11...../s1/i;;;;1D;;. The number of nitrogens with zero attached hydrogens (tertiary/aromatic N) is 8. The van der Waals surface area contributed by atoms with E-state index in [9.17, 15) is 43.1 Å². The van der Waals surface area contributed by atoms with Crippen molar-refractivity contribution >= 4 is 94.7 Å². The summed E-state index contributed by atoms with van der Waals surface area (Å²) in [6.45, 7) is 17.3. The van der Waals surface area contributed by atoms with E-state index in [1.54, 1.807) is 141 Å². The van der Waals surface area contributed by atoms with E-state index in [-0.39, 0.29) is 83.0 Å². The molecule has 0 amide bonds. The molecule has 0 bridgehead atoms. The number of anilines is 3. The Balaban J connectivity index is 0.000000187. The molecule has 0 radical (unpaired) electrons. The first-order valence-electron chi connectivity index (χ1n) is 46.2. The summed E-state index contributed by atoms with van der Waals surface area (Å²) < 4.78 is 113. The zero-order valence-electron chi connectivity index (χ0n) is 80.2. The maximum Gasteiger partial charge on any atom is 0.341 e. The number of methoxy groups -OCH3 is 2. The lowest BCUT2D eigenvalue weighted by atomic mass is 9.96. The van der Waals surface area contributed by atoms with E-state index < -0.39 is 48.7 Å². The van der Waals surface area contributed by atoms with Crippen molar-refractivity contribution in [2.24, 2.45) is 17.8 Å². The van der Waals surface area contributed by atoms with Crippen LogP contribution in [0.3, 0.4) is 0 Å². The third kappa shape index (κ3) is 31.7. The summed E-state index contributed by atoms with van der Waals surface area (Å²) in [4.78, 5) is 107. The highest BCUT2D eigenvalue weighted by Crippen LogP contribution is 2.40. The first kappa shape index (κ1) is 108. The number of nitrogen functional groups attached to an aromatic ring is 3. The Morgan fingerprint density at radius 1 is 0.465 bits per heavy atom. The summed E-state index contributed by atoms with van der Waals surface area (Å²) in [6, 6.07) is 34.6. The van der Waals surface area contributed by atoms with Gasteiger partial charge in [-0.3, -0.25) is 38.9 Å². The van der Waals surface area contributed by atoms with Crippen molar-refractivity contribution in [3.8, 4) is 101 Å². The molecule has 31 nitrogen and oxygen atoms in total. The van der Waals surface area contributed by atoms with Gasteiger partial charge in [0.05, 0.1) is 98.8 Å². The van der Waals surface area contributed by atoms with Gasteiger partial charge in [-0.15, -0.1) is 12.4 Å². The van der Waals surface area contributed by atoms with Gasteiger partial charge >= 0.3 is 5.97 Å². The Labute approximate surface area is 843 Å². The van der Waals surface area contributed by atoms with E-state index in [4.69, 9.17) is 86.5 Å². The number of hydrogen-bond acceptors (Lipinski definition) is 27. The number of nitrogens with two attached hydrogens (primary N) is 3. The van der Waals surface area contributed by atoms with E-state index in [1.807, 2.05) is 78.4 Å². The van der Waals surface area contributed by atoms with E-state index in [2.05, 4.69) is 46.3 Å². The van der Waals surface area contributed by atoms with Gasteiger partial charge in [-0.1, -0.05) is 42.5 Å². The zero-order valence-corrected chi connectivity index (χ0v) is 83.1. The van der Waals surface area contributed by atoms with Crippen molar-refractivity contribution in [1.82, 2.24) is 38.6 Å². The molecule has 0 saturated carbocycles. The smallest absolute Gasteiger partial charge is 0.341 e. The van der Waals surface area contributed by atoms with Crippen LogP contribution >= 0.6 is 45.4 Å². The van der Waals surface area contributed by atoms with Crippen LogP contribution < -0.4 is 52.4 Å². The number of carbonyl (C=O) groups excluding carboxylic acids is 3. The summed E-state index contributed by atoms with van der Waals surface area (Å²) in [5.74, 6) is 1.08. The van der Waals surface area contributed by atoms with Crippen molar-refractivity contribution in [2.45, 2.75) is 111 Å². The molecule has 0 aliphatic carbocycles. The number of halogens is 6. The lowest BCUT2D eigenvalue weighted by molar-refractivity contribution is -0.115. The van der Waals surface area contributed by atoms with E-state index in [0.29, 0.717) is 187 Å². The number of aromatic nitrogens is 8. The number of benzene rings is 4. The van der Waals surface area contributed by atoms with Gasteiger partial charge in [-0.25, -0.2) is 27.8 Å². The number of ether oxygens (including phenoxy) is 11. The SMILES string of the molecule is COc1cc(-c2cnc(N)c(-c3ccc(CC(=O)c4cn(CC5CCOCC5)cc(-c5ccc(C)cn5)c4=O)cc3F)c2)ccc1OC[C@H]1COCCO1.COc1cc(-c2cnc(N)c(-c3ccc(N)cc3F)c2)ccc1OC[C@H]1COCCO1.Cc1ccc(-c2cn(CC3CCOCC3)cc(C(=O)Cl)c2=O)nc1.Cc1ccc(-c2cn(CC3CCOCC3)cc(C(=O)O)c2=O)nc1.Cl.O=S(Cl)Cl.[2H]CC(C)=O. The highest BCUT2D eigenvalue weighted by Gasteiger charge is 2.28. The second-order valence-electron chi connectivity index (χ2n) is 34.1. The molecule has 17 rings (SSSR count). The van der Waals surface area contributed by atoms with Crippen LogP contribution in [0.4, 0.5) is 26.1 Å². The van der Waals surface area contributed by atoms with Crippen LogP contribution in [0.5, 0.6) is 23.0 Å². The van der Waals surface area contributed by atoms with Crippen LogP contribution in [-0.4, -0.2) is 190 Å². The summed E-state index contributed by atoms with van der Waals surface area (Å²) in [5, 5.41) is 8.62. The number of pyridine rings is 8. The van der Waals surface area contributed by atoms with Gasteiger partial charge in [0, 0.05) is 196 Å². The Bertz CT molecular complexity index is 6430. The highest BCUT2D eigenvalue weighted by atomic mass is 36.0. The molecule has 5 aliphatic heterocycles. The number of hydrogen-bond donors (Lipinski definition) is 4. The number of carbonyl (C=O) groups is 4. The zero-order chi connectivity index (χ0) is 101. The van der Waals surface area contributed by atoms with E-state index >= 15 is 4.39 Å². The molecule has 0 unspecified atom stereocenters. The van der Waals surface area contributed by atoms with E-state index in [1.165, 1.54) is 25.3 Å². The first-order valence-corrected chi connectivity index (χ1v) is 48.7. The number of carboxylic acids is 1. The topological polar surface area (TPSA) is 416 Å². The van der Waals surface area contributed by atoms with E-state index in [0.717, 1.165) is 105 Å². The summed E-state index contributed by atoms with van der Waals surface area (Å²) in [5.41, 5.74) is 27.3. The second kappa shape index (κ2) is 54.1. The van der Waals surface area contributed by atoms with Gasteiger partial charge in [0.25, 0.3) is 5.24 Å². The highest BCUT2D eigenvalue weighted by molar-refractivity contribution is 8.26. The predicted molar refractivity (Wildman–Crippen MR) is 544 cm³/mol. The average molecular weight is 2050 g/mol. The molecule has 5 saturated heterocycles. The maximum absolute atomic E-state index is 15.9. The molecule has 4 aromatic carbocycles. The number of ketones is 2. The maximum atomic E-state index is 15.9. The fourth-order valence-electron chi connectivity index (χ4n) is 16.0. The monoisotopic (exact) mass is 2050 g/mol. The van der Waals surface area contributed by atoms with Crippen molar-refractivity contribution in [3.63, 3.8) is 0 Å². The molecule has 2 atom stereocenters. The van der Waals surface area contributed by atoms with Gasteiger partial charge in [0.15, 0.2) is 28.8 Å². The third-order valence-corrected chi connectivity index (χ3v) is 23.6. The quantitative estimate of drug-likeness (QED) is 0.0222. The molecule has 13 heterocycles. The Hall–Kier alpha value is -12.6. The van der Waals surface area contributed by atoms with Gasteiger partial charge in [0.1, 0.15) is 60.0 Å². The Kier molecular flexibility index (Phi) is 41.2. The molecule has 5 fully saturated rings. The minimum atomic E-state index is -1.67. The van der Waals surface area contributed by atoms with Crippen LogP contribution in [0, 0.1) is 50.2 Å². The van der Waals surface area contributed by atoms with Gasteiger partial charge in [-0.2, -0.15) is 0 Å². The van der Waals surface area contributed by atoms with Crippen molar-refractivity contribution in [1.29, 1.82) is 0 Å². The minimum absolute atomic E-state index is 0. The third-order valence-electron chi connectivity index (χ3n) is 23.4. The average Bonchev–Trinajstić information content (AvgIpc) is 0.786. The summed E-state index contributed by atoms with van der Waals surface area (Å²) in [6.07, 6.45) is 23.3. The molecule has 142 heavy (non-hydrogen) atoms. The first-order chi connectivity index (χ1) is 68.4. The fraction of sp³-hybridized carbons (Fsp3) is 0.346. The summed E-state index contributed by atoms with van der Waals surface area (Å²) >= 11 is 5.62. The van der Waals surface area contributed by atoms with Crippen LogP contribution in [0.1, 0.15) is 107 Å². The van der Waals surface area contributed by atoms with Crippen molar-refractivity contribution in [3.05, 3.63) is 271 Å². The van der Waals surface area contributed by atoms with Crippen LogP contribution in [0.15, 0.2) is 204 Å². The molecule has 752 valence electrons. The number of aryl methyl sites for hydroxylation is 3. The van der Waals surface area contributed by atoms with Crippen LogP contribution in [0.2, 0.25) is 0 Å². The summed E-state index contributed by atoms with van der Waals surface area (Å²) in [7, 11) is 10.5. The molecule has 0 spiro atoms. The van der Waals surface area contributed by atoms with Gasteiger partial charge in [0.2, 0.25) is 25.5 Å². The minimum Gasteiger partial charge on any atom is -0.493 e.